The Kier molecular flexibility index (Phi) is 6.40. The van der Waals surface area contributed by atoms with Crippen LogP contribution in [0.15, 0.2) is 60.9 Å². The summed E-state index contributed by atoms with van der Waals surface area (Å²) in [4.78, 5) is 31.9. The Labute approximate surface area is 197 Å². The lowest BCUT2D eigenvalue weighted by Crippen LogP contribution is -2.43. The zero-order valence-electron chi connectivity index (χ0n) is 18.8. The summed E-state index contributed by atoms with van der Waals surface area (Å²) in [6, 6.07) is 16.1. The second-order valence-corrected chi connectivity index (χ2v) is 8.81. The molecule has 7 nitrogen and oxygen atoms in total. The molecule has 1 aromatic heterocycles. The van der Waals surface area contributed by atoms with Crippen molar-refractivity contribution in [1.82, 2.24) is 19.8 Å². The number of imidazole rings is 1. The van der Waals surface area contributed by atoms with Crippen LogP contribution in [0.2, 0.25) is 0 Å². The molecule has 3 heterocycles. The molecule has 8 heteroatoms. The lowest BCUT2D eigenvalue weighted by atomic mass is 9.95. The van der Waals surface area contributed by atoms with Crippen LogP contribution in [-0.2, 0) is 29.2 Å². The molecule has 0 spiro atoms. The molecule has 0 saturated carbocycles. The maximum atomic E-state index is 13.2. The van der Waals surface area contributed by atoms with Gasteiger partial charge in [0.25, 0.3) is 5.91 Å². The van der Waals surface area contributed by atoms with Crippen LogP contribution >= 0.6 is 0 Å². The van der Waals surface area contributed by atoms with Gasteiger partial charge < -0.3 is 19.5 Å². The Morgan fingerprint density at radius 3 is 2.53 bits per heavy atom. The first-order chi connectivity index (χ1) is 16.6. The molecule has 2 aliphatic rings. The van der Waals surface area contributed by atoms with E-state index in [9.17, 15) is 14.0 Å². The highest BCUT2D eigenvalue weighted by Crippen LogP contribution is 2.28. The number of rotatable bonds is 5. The summed E-state index contributed by atoms with van der Waals surface area (Å²) in [5, 5.41) is 2.92. The number of halogens is 1. The SMILES string of the molecule is O=C(NCc1ccc(F)cc1)C1CCN(C(=O)c2ncn3c2CO[C@@H](c2ccccc2)C3)CC1. The summed E-state index contributed by atoms with van der Waals surface area (Å²) in [6.07, 6.45) is 2.86. The van der Waals surface area contributed by atoms with Crippen LogP contribution in [-0.4, -0.2) is 39.4 Å². The number of aromatic nitrogens is 2. The molecular formula is C26H27FN4O3. The summed E-state index contributed by atoms with van der Waals surface area (Å²) < 4.78 is 21.1. The zero-order chi connectivity index (χ0) is 23.5. The van der Waals surface area contributed by atoms with Gasteiger partial charge in [0.05, 0.1) is 25.2 Å². The molecule has 0 unspecified atom stereocenters. The summed E-state index contributed by atoms with van der Waals surface area (Å²) in [5.41, 5.74) is 3.19. The van der Waals surface area contributed by atoms with E-state index in [1.165, 1.54) is 12.1 Å². The van der Waals surface area contributed by atoms with Crippen molar-refractivity contribution in [3.63, 3.8) is 0 Å². The van der Waals surface area contributed by atoms with Crippen molar-refractivity contribution in [3.8, 4) is 0 Å². The van der Waals surface area contributed by atoms with E-state index in [0.29, 0.717) is 51.3 Å². The van der Waals surface area contributed by atoms with Gasteiger partial charge in [-0.2, -0.15) is 0 Å². The molecule has 0 aliphatic carbocycles. The van der Waals surface area contributed by atoms with E-state index >= 15 is 0 Å². The molecular weight excluding hydrogens is 435 g/mol. The van der Waals surface area contributed by atoms with E-state index in [1.807, 2.05) is 34.9 Å². The molecule has 2 aliphatic heterocycles. The van der Waals surface area contributed by atoms with E-state index in [4.69, 9.17) is 4.74 Å². The van der Waals surface area contributed by atoms with Crippen LogP contribution in [0.25, 0.3) is 0 Å². The van der Waals surface area contributed by atoms with Crippen LogP contribution in [0, 0.1) is 11.7 Å². The number of amides is 2. The topological polar surface area (TPSA) is 76.5 Å². The first-order valence-electron chi connectivity index (χ1n) is 11.6. The smallest absolute Gasteiger partial charge is 0.274 e. The maximum absolute atomic E-state index is 13.2. The van der Waals surface area contributed by atoms with Crippen molar-refractivity contribution in [2.75, 3.05) is 13.1 Å². The first-order valence-corrected chi connectivity index (χ1v) is 11.6. The van der Waals surface area contributed by atoms with Gasteiger partial charge in [-0.05, 0) is 36.1 Å². The average molecular weight is 463 g/mol. The molecule has 34 heavy (non-hydrogen) atoms. The third kappa shape index (κ3) is 4.72. The molecule has 2 aromatic carbocycles. The summed E-state index contributed by atoms with van der Waals surface area (Å²) in [6.45, 7) is 2.34. The quantitative estimate of drug-likeness (QED) is 0.630. The minimum atomic E-state index is -0.298. The number of hydrogen-bond acceptors (Lipinski definition) is 4. The minimum Gasteiger partial charge on any atom is -0.365 e. The van der Waals surface area contributed by atoms with Crippen molar-refractivity contribution in [3.05, 3.63) is 89.3 Å². The third-order valence-corrected chi connectivity index (χ3v) is 6.64. The lowest BCUT2D eigenvalue weighted by Gasteiger charge is -2.31. The predicted octanol–water partition coefficient (Wildman–Crippen LogP) is 3.46. The molecule has 0 bridgehead atoms. The van der Waals surface area contributed by atoms with Crippen molar-refractivity contribution < 1.29 is 18.7 Å². The van der Waals surface area contributed by atoms with Gasteiger partial charge in [-0.25, -0.2) is 9.37 Å². The second kappa shape index (κ2) is 9.77. The van der Waals surface area contributed by atoms with Crippen molar-refractivity contribution >= 4 is 11.8 Å². The Hall–Kier alpha value is -3.52. The maximum Gasteiger partial charge on any atom is 0.274 e. The number of fused-ring (bicyclic) bond motifs is 1. The van der Waals surface area contributed by atoms with Crippen LogP contribution in [0.4, 0.5) is 4.39 Å². The normalized spacial score (nSPS) is 18.4. The van der Waals surface area contributed by atoms with Crippen LogP contribution < -0.4 is 5.32 Å². The van der Waals surface area contributed by atoms with Gasteiger partial charge in [0.2, 0.25) is 5.91 Å². The highest BCUT2D eigenvalue weighted by atomic mass is 19.1. The number of hydrogen-bond donors (Lipinski definition) is 1. The summed E-state index contributed by atoms with van der Waals surface area (Å²) in [5.74, 6) is -0.583. The monoisotopic (exact) mass is 462 g/mol. The highest BCUT2D eigenvalue weighted by Gasteiger charge is 2.32. The Morgan fingerprint density at radius 1 is 1.06 bits per heavy atom. The average Bonchev–Trinajstić information content (AvgIpc) is 3.32. The zero-order valence-corrected chi connectivity index (χ0v) is 18.8. The first kappa shape index (κ1) is 22.3. The number of ether oxygens (including phenoxy) is 1. The lowest BCUT2D eigenvalue weighted by molar-refractivity contribution is -0.126. The molecule has 3 aromatic rings. The van der Waals surface area contributed by atoms with E-state index in [2.05, 4.69) is 10.3 Å². The second-order valence-electron chi connectivity index (χ2n) is 8.81. The van der Waals surface area contributed by atoms with Crippen LogP contribution in [0.1, 0.15) is 46.3 Å². The number of carbonyl (C=O) groups excluding carboxylic acids is 2. The van der Waals surface area contributed by atoms with E-state index in [0.717, 1.165) is 16.8 Å². The highest BCUT2D eigenvalue weighted by molar-refractivity contribution is 5.93. The fourth-order valence-corrected chi connectivity index (χ4v) is 4.61. The van der Waals surface area contributed by atoms with Gasteiger partial charge in [-0.1, -0.05) is 42.5 Å². The molecule has 5 rings (SSSR count). The number of benzene rings is 2. The van der Waals surface area contributed by atoms with Crippen molar-refractivity contribution in [2.45, 2.75) is 38.6 Å². The molecule has 1 N–H and O–H groups in total. The minimum absolute atomic E-state index is 0.0313. The number of piperidine rings is 1. The van der Waals surface area contributed by atoms with E-state index in [1.54, 1.807) is 23.4 Å². The largest absolute Gasteiger partial charge is 0.365 e. The summed E-state index contributed by atoms with van der Waals surface area (Å²) in [7, 11) is 0. The summed E-state index contributed by atoms with van der Waals surface area (Å²) >= 11 is 0. The van der Waals surface area contributed by atoms with Gasteiger partial charge in [0.15, 0.2) is 5.69 Å². The van der Waals surface area contributed by atoms with Gasteiger partial charge in [0, 0.05) is 25.6 Å². The van der Waals surface area contributed by atoms with Crippen LogP contribution in [0.5, 0.6) is 0 Å². The molecule has 1 fully saturated rings. The molecule has 2 amide bonds. The number of nitrogens with zero attached hydrogens (tertiary/aromatic N) is 3. The number of nitrogens with one attached hydrogen (secondary N) is 1. The fraction of sp³-hybridized carbons (Fsp3) is 0.346. The third-order valence-electron chi connectivity index (χ3n) is 6.64. The Balaban J connectivity index is 1.15. The molecule has 0 radical (unpaired) electrons. The predicted molar refractivity (Wildman–Crippen MR) is 123 cm³/mol. The molecule has 1 saturated heterocycles. The van der Waals surface area contributed by atoms with E-state index < -0.39 is 0 Å². The number of carbonyl (C=O) groups is 2. The van der Waals surface area contributed by atoms with Gasteiger partial charge in [0.1, 0.15) is 11.9 Å². The fourth-order valence-electron chi connectivity index (χ4n) is 4.61. The van der Waals surface area contributed by atoms with Gasteiger partial charge in [-0.15, -0.1) is 0 Å². The van der Waals surface area contributed by atoms with Crippen molar-refractivity contribution in [2.24, 2.45) is 5.92 Å². The number of likely N-dealkylation sites (tertiary alicyclic amines) is 1. The standard InChI is InChI=1S/C26H27FN4O3/c27-21-8-6-18(7-9-21)14-28-25(32)20-10-12-30(13-11-20)26(33)24-22-16-34-23(15-31(22)17-29-24)19-4-2-1-3-5-19/h1-9,17,20,23H,10-16H2,(H,28,32)/t23-/m1/s1. The van der Waals surface area contributed by atoms with Gasteiger partial charge in [-0.3, -0.25) is 9.59 Å². The molecule has 176 valence electrons. The van der Waals surface area contributed by atoms with Crippen molar-refractivity contribution in [1.29, 1.82) is 0 Å². The van der Waals surface area contributed by atoms with E-state index in [-0.39, 0.29) is 29.7 Å². The molecule has 1 atom stereocenters. The Bertz CT molecular complexity index is 1150. The van der Waals surface area contributed by atoms with Crippen LogP contribution in [0.3, 0.4) is 0 Å². The Morgan fingerprint density at radius 2 is 1.79 bits per heavy atom. The van der Waals surface area contributed by atoms with Gasteiger partial charge >= 0.3 is 0 Å².